The summed E-state index contributed by atoms with van der Waals surface area (Å²) in [5, 5.41) is 0. The molecule has 0 aromatic heterocycles. The fraction of sp³-hybridized carbons (Fsp3) is 0.571. The first-order chi connectivity index (χ1) is 7.69. The predicted molar refractivity (Wildman–Crippen MR) is 71.3 cm³/mol. The average molecular weight is 287 g/mol. The average Bonchev–Trinajstić information content (AvgIpc) is 2.25. The lowest BCUT2D eigenvalue weighted by atomic mass is 9.89. The summed E-state index contributed by atoms with van der Waals surface area (Å²) in [6, 6.07) is 5.44. The van der Waals surface area contributed by atoms with Crippen LogP contribution in [0.2, 0.25) is 0 Å². The summed E-state index contributed by atoms with van der Waals surface area (Å²) in [5.74, 6) is 0.321. The Morgan fingerprint density at radius 3 is 2.50 bits per heavy atom. The van der Waals surface area contributed by atoms with E-state index in [1.54, 1.807) is 6.07 Å². The Morgan fingerprint density at radius 2 is 1.94 bits per heavy atom. The quantitative estimate of drug-likeness (QED) is 0.633. The normalized spacial score (nSPS) is 12.8. The summed E-state index contributed by atoms with van der Waals surface area (Å²) in [6.07, 6.45) is 5.66. The minimum absolute atomic E-state index is 0.0658. The zero-order valence-electron chi connectivity index (χ0n) is 10.1. The highest BCUT2D eigenvalue weighted by Gasteiger charge is 2.14. The van der Waals surface area contributed by atoms with Crippen molar-refractivity contribution in [3.05, 3.63) is 34.1 Å². The molecule has 0 aliphatic heterocycles. The van der Waals surface area contributed by atoms with E-state index in [1.807, 2.05) is 12.1 Å². The van der Waals surface area contributed by atoms with E-state index in [0.717, 1.165) is 29.3 Å². The highest BCUT2D eigenvalue weighted by molar-refractivity contribution is 9.10. The first-order valence-electron chi connectivity index (χ1n) is 6.14. The summed E-state index contributed by atoms with van der Waals surface area (Å²) in [5.41, 5.74) is 0.888. The largest absolute Gasteiger partial charge is 0.207 e. The van der Waals surface area contributed by atoms with E-state index in [2.05, 4.69) is 29.8 Å². The standard InChI is InChI=1S/C14H20BrF/c1-3-5-7-11(6-4-2)13-9-8-12(15)10-14(13)16/h8-11H,3-7H2,1-2H3. The van der Waals surface area contributed by atoms with E-state index < -0.39 is 0 Å². The van der Waals surface area contributed by atoms with E-state index in [0.29, 0.717) is 5.92 Å². The summed E-state index contributed by atoms with van der Waals surface area (Å²) in [4.78, 5) is 0. The molecule has 0 spiro atoms. The second kappa shape index (κ2) is 7.05. The SMILES string of the molecule is CCCCC(CCC)c1ccc(Br)cc1F. The van der Waals surface area contributed by atoms with Crippen molar-refractivity contribution in [3.63, 3.8) is 0 Å². The van der Waals surface area contributed by atoms with Gasteiger partial charge >= 0.3 is 0 Å². The summed E-state index contributed by atoms with van der Waals surface area (Å²) >= 11 is 3.30. The number of benzene rings is 1. The lowest BCUT2D eigenvalue weighted by Gasteiger charge is -2.17. The van der Waals surface area contributed by atoms with Gasteiger partial charge in [-0.2, -0.15) is 0 Å². The van der Waals surface area contributed by atoms with Gasteiger partial charge in [0.2, 0.25) is 0 Å². The van der Waals surface area contributed by atoms with Crippen molar-refractivity contribution >= 4 is 15.9 Å². The number of hydrogen-bond donors (Lipinski definition) is 0. The van der Waals surface area contributed by atoms with Gasteiger partial charge in [-0.3, -0.25) is 0 Å². The molecule has 1 rings (SSSR count). The van der Waals surface area contributed by atoms with Gasteiger partial charge in [-0.15, -0.1) is 0 Å². The van der Waals surface area contributed by atoms with Gasteiger partial charge in [-0.1, -0.05) is 55.1 Å². The Balaban J connectivity index is 2.82. The van der Waals surface area contributed by atoms with E-state index >= 15 is 0 Å². The maximum atomic E-state index is 13.8. The third-order valence-corrected chi connectivity index (χ3v) is 3.44. The lowest BCUT2D eigenvalue weighted by Crippen LogP contribution is -2.01. The first-order valence-corrected chi connectivity index (χ1v) is 6.93. The van der Waals surface area contributed by atoms with Crippen molar-refractivity contribution in [2.24, 2.45) is 0 Å². The fourth-order valence-corrected chi connectivity index (χ4v) is 2.42. The van der Waals surface area contributed by atoms with Crippen LogP contribution in [0.5, 0.6) is 0 Å². The maximum Gasteiger partial charge on any atom is 0.127 e. The molecule has 0 aliphatic rings. The zero-order chi connectivity index (χ0) is 12.0. The maximum absolute atomic E-state index is 13.8. The van der Waals surface area contributed by atoms with Crippen molar-refractivity contribution < 1.29 is 4.39 Å². The molecule has 0 aliphatic carbocycles. The monoisotopic (exact) mass is 286 g/mol. The minimum Gasteiger partial charge on any atom is -0.207 e. The summed E-state index contributed by atoms with van der Waals surface area (Å²) < 4.78 is 14.6. The Hall–Kier alpha value is -0.370. The van der Waals surface area contributed by atoms with E-state index in [-0.39, 0.29) is 5.82 Å². The zero-order valence-corrected chi connectivity index (χ0v) is 11.7. The molecule has 0 heterocycles. The molecule has 16 heavy (non-hydrogen) atoms. The molecule has 0 saturated heterocycles. The van der Waals surface area contributed by atoms with Gasteiger partial charge in [0.15, 0.2) is 0 Å². The topological polar surface area (TPSA) is 0 Å². The highest BCUT2D eigenvalue weighted by atomic mass is 79.9. The van der Waals surface area contributed by atoms with Crippen molar-refractivity contribution in [1.82, 2.24) is 0 Å². The Labute approximate surface area is 106 Å². The lowest BCUT2D eigenvalue weighted by molar-refractivity contribution is 0.507. The Kier molecular flexibility index (Phi) is 6.04. The van der Waals surface area contributed by atoms with Crippen LogP contribution in [0.3, 0.4) is 0 Å². The van der Waals surface area contributed by atoms with Gasteiger partial charge in [0.1, 0.15) is 5.82 Å². The Morgan fingerprint density at radius 1 is 1.19 bits per heavy atom. The molecule has 2 heteroatoms. The summed E-state index contributed by atoms with van der Waals surface area (Å²) in [6.45, 7) is 4.34. The molecule has 0 fully saturated rings. The molecule has 0 radical (unpaired) electrons. The molecule has 1 atom stereocenters. The molecule has 1 unspecified atom stereocenters. The Bertz CT molecular complexity index is 323. The molecule has 0 saturated carbocycles. The van der Waals surface area contributed by atoms with E-state index in [9.17, 15) is 4.39 Å². The predicted octanol–water partition coefficient (Wildman–Crippen LogP) is 5.66. The van der Waals surface area contributed by atoms with Gasteiger partial charge in [-0.05, 0) is 36.5 Å². The smallest absolute Gasteiger partial charge is 0.127 e. The third-order valence-electron chi connectivity index (χ3n) is 2.95. The summed E-state index contributed by atoms with van der Waals surface area (Å²) in [7, 11) is 0. The van der Waals surface area contributed by atoms with Gasteiger partial charge in [-0.25, -0.2) is 4.39 Å². The van der Waals surface area contributed by atoms with Crippen molar-refractivity contribution in [1.29, 1.82) is 0 Å². The number of rotatable bonds is 6. The molecule has 90 valence electrons. The van der Waals surface area contributed by atoms with Crippen molar-refractivity contribution in [2.45, 2.75) is 51.9 Å². The number of unbranched alkanes of at least 4 members (excludes halogenated alkanes) is 1. The highest BCUT2D eigenvalue weighted by Crippen LogP contribution is 2.30. The van der Waals surface area contributed by atoms with Crippen LogP contribution in [0, 0.1) is 5.82 Å². The van der Waals surface area contributed by atoms with Crippen molar-refractivity contribution in [3.8, 4) is 0 Å². The molecular weight excluding hydrogens is 267 g/mol. The van der Waals surface area contributed by atoms with Crippen LogP contribution in [-0.2, 0) is 0 Å². The van der Waals surface area contributed by atoms with Gasteiger partial charge < -0.3 is 0 Å². The van der Waals surface area contributed by atoms with Gasteiger partial charge in [0, 0.05) is 4.47 Å². The second-order valence-electron chi connectivity index (χ2n) is 4.29. The fourth-order valence-electron chi connectivity index (χ4n) is 2.09. The first kappa shape index (κ1) is 13.7. The molecule has 0 bridgehead atoms. The number of hydrogen-bond acceptors (Lipinski definition) is 0. The molecular formula is C14H20BrF. The van der Waals surface area contributed by atoms with Crippen LogP contribution in [-0.4, -0.2) is 0 Å². The van der Waals surface area contributed by atoms with E-state index in [1.165, 1.54) is 12.8 Å². The molecule has 0 amide bonds. The minimum atomic E-state index is -0.0658. The second-order valence-corrected chi connectivity index (χ2v) is 5.21. The van der Waals surface area contributed by atoms with Crippen LogP contribution in [0.15, 0.2) is 22.7 Å². The number of halogens is 2. The van der Waals surface area contributed by atoms with Crippen LogP contribution in [0.25, 0.3) is 0 Å². The van der Waals surface area contributed by atoms with Crippen molar-refractivity contribution in [2.75, 3.05) is 0 Å². The van der Waals surface area contributed by atoms with Crippen LogP contribution < -0.4 is 0 Å². The van der Waals surface area contributed by atoms with E-state index in [4.69, 9.17) is 0 Å². The van der Waals surface area contributed by atoms with Crippen LogP contribution in [0.1, 0.15) is 57.4 Å². The van der Waals surface area contributed by atoms with Gasteiger partial charge in [0.25, 0.3) is 0 Å². The molecule has 0 N–H and O–H groups in total. The third kappa shape index (κ3) is 3.89. The van der Waals surface area contributed by atoms with Crippen LogP contribution in [0.4, 0.5) is 4.39 Å². The molecule has 0 nitrogen and oxygen atoms in total. The molecule has 1 aromatic carbocycles. The van der Waals surface area contributed by atoms with Crippen LogP contribution >= 0.6 is 15.9 Å². The van der Waals surface area contributed by atoms with Gasteiger partial charge in [0.05, 0.1) is 0 Å². The molecule has 1 aromatic rings.